The highest BCUT2D eigenvalue weighted by Gasteiger charge is 1.90. The lowest BCUT2D eigenvalue weighted by atomic mass is 10.1. The molecule has 0 unspecified atom stereocenters. The maximum absolute atomic E-state index is 5.43. The monoisotopic (exact) mass is 147 g/mol. The summed E-state index contributed by atoms with van der Waals surface area (Å²) in [6.07, 6.45) is 2.79. The Balaban J connectivity index is 2.82. The second kappa shape index (κ2) is 3.94. The number of hydrogen-bond donors (Lipinski definition) is 1. The molecule has 0 saturated carbocycles. The van der Waals surface area contributed by atoms with E-state index in [1.54, 1.807) is 0 Å². The third-order valence-electron chi connectivity index (χ3n) is 1.62. The second-order valence-corrected chi connectivity index (χ2v) is 2.49. The van der Waals surface area contributed by atoms with Crippen LogP contribution < -0.4 is 5.73 Å². The van der Waals surface area contributed by atoms with Gasteiger partial charge in [-0.25, -0.2) is 0 Å². The van der Waals surface area contributed by atoms with E-state index in [9.17, 15) is 0 Å². The molecule has 0 fully saturated rings. The minimum absolute atomic E-state index is 0.709. The van der Waals surface area contributed by atoms with Crippen molar-refractivity contribution in [2.24, 2.45) is 5.73 Å². The van der Waals surface area contributed by atoms with Crippen LogP contribution in [0.25, 0.3) is 6.08 Å². The van der Waals surface area contributed by atoms with Gasteiger partial charge in [0, 0.05) is 0 Å². The van der Waals surface area contributed by atoms with Crippen LogP contribution in [0.2, 0.25) is 0 Å². The molecule has 0 amide bonds. The van der Waals surface area contributed by atoms with Crippen molar-refractivity contribution < 1.29 is 0 Å². The Kier molecular flexibility index (Phi) is 2.87. The Morgan fingerprint density at radius 3 is 2.91 bits per heavy atom. The van der Waals surface area contributed by atoms with Gasteiger partial charge in [0.15, 0.2) is 0 Å². The van der Waals surface area contributed by atoms with Gasteiger partial charge in [-0.05, 0) is 24.1 Å². The normalized spacial score (nSPS) is 9.55. The van der Waals surface area contributed by atoms with Gasteiger partial charge in [0.05, 0.1) is 0 Å². The summed E-state index contributed by atoms with van der Waals surface area (Å²) in [7, 11) is 0. The van der Waals surface area contributed by atoms with E-state index in [-0.39, 0.29) is 0 Å². The van der Waals surface area contributed by atoms with E-state index in [4.69, 9.17) is 5.73 Å². The Bertz CT molecular complexity index is 240. The fraction of sp³-hybridized carbons (Fsp3) is 0.200. The highest BCUT2D eigenvalue weighted by molar-refractivity contribution is 5.47. The van der Waals surface area contributed by atoms with Crippen LogP contribution in [-0.2, 0) is 6.42 Å². The van der Waals surface area contributed by atoms with Crippen LogP contribution in [0.1, 0.15) is 11.1 Å². The minimum Gasteiger partial charge on any atom is -0.330 e. The first-order valence-corrected chi connectivity index (χ1v) is 3.78. The molecule has 1 rings (SSSR count). The third kappa shape index (κ3) is 2.20. The van der Waals surface area contributed by atoms with Crippen molar-refractivity contribution in [3.8, 4) is 0 Å². The molecule has 1 nitrogen and oxygen atoms in total. The van der Waals surface area contributed by atoms with Crippen LogP contribution in [0.4, 0.5) is 0 Å². The zero-order valence-electron chi connectivity index (χ0n) is 6.59. The van der Waals surface area contributed by atoms with Crippen molar-refractivity contribution in [3.05, 3.63) is 42.0 Å². The predicted octanol–water partition coefficient (Wildman–Crippen LogP) is 1.83. The van der Waals surface area contributed by atoms with Gasteiger partial charge in [0.2, 0.25) is 0 Å². The van der Waals surface area contributed by atoms with Gasteiger partial charge in [-0.3, -0.25) is 0 Å². The van der Waals surface area contributed by atoms with Crippen LogP contribution in [-0.4, -0.2) is 6.54 Å². The summed E-state index contributed by atoms with van der Waals surface area (Å²) in [5, 5.41) is 0. The summed E-state index contributed by atoms with van der Waals surface area (Å²) in [6, 6.07) is 8.26. The lowest BCUT2D eigenvalue weighted by Gasteiger charge is -1.98. The van der Waals surface area contributed by atoms with Gasteiger partial charge >= 0.3 is 0 Å². The molecule has 1 aromatic carbocycles. The van der Waals surface area contributed by atoms with E-state index >= 15 is 0 Å². The first kappa shape index (κ1) is 8.02. The third-order valence-corrected chi connectivity index (χ3v) is 1.62. The van der Waals surface area contributed by atoms with Crippen molar-refractivity contribution in [2.45, 2.75) is 6.42 Å². The van der Waals surface area contributed by atoms with Crippen molar-refractivity contribution >= 4 is 6.08 Å². The van der Waals surface area contributed by atoms with Crippen molar-refractivity contribution in [1.29, 1.82) is 0 Å². The predicted molar refractivity (Wildman–Crippen MR) is 49.3 cm³/mol. The molecule has 11 heavy (non-hydrogen) atoms. The Morgan fingerprint density at radius 1 is 1.45 bits per heavy atom. The van der Waals surface area contributed by atoms with Gasteiger partial charge in [-0.1, -0.05) is 36.9 Å². The van der Waals surface area contributed by atoms with E-state index < -0.39 is 0 Å². The highest BCUT2D eigenvalue weighted by Crippen LogP contribution is 2.05. The number of rotatable bonds is 3. The highest BCUT2D eigenvalue weighted by atomic mass is 14.5. The van der Waals surface area contributed by atoms with Crippen molar-refractivity contribution in [1.82, 2.24) is 0 Å². The van der Waals surface area contributed by atoms with E-state index in [1.807, 2.05) is 18.2 Å². The standard InChI is InChI=1S/C10H13N/c1-2-9-4-3-5-10(8-9)6-7-11/h2-5,8H,1,6-7,11H2. The molecule has 0 saturated heterocycles. The molecule has 0 aliphatic rings. The average Bonchev–Trinajstić information content (AvgIpc) is 2.06. The fourth-order valence-electron chi connectivity index (χ4n) is 1.04. The molecule has 1 heteroatoms. The lowest BCUT2D eigenvalue weighted by molar-refractivity contribution is 0.968. The summed E-state index contributed by atoms with van der Waals surface area (Å²) >= 11 is 0. The van der Waals surface area contributed by atoms with Gasteiger partial charge < -0.3 is 5.73 Å². The summed E-state index contributed by atoms with van der Waals surface area (Å²) in [5.74, 6) is 0. The number of nitrogens with two attached hydrogens (primary N) is 1. The fourth-order valence-corrected chi connectivity index (χ4v) is 1.04. The molecule has 0 radical (unpaired) electrons. The van der Waals surface area contributed by atoms with Gasteiger partial charge in [-0.2, -0.15) is 0 Å². The van der Waals surface area contributed by atoms with E-state index in [0.717, 1.165) is 12.0 Å². The second-order valence-electron chi connectivity index (χ2n) is 2.49. The molecule has 58 valence electrons. The Labute approximate surface area is 67.5 Å². The topological polar surface area (TPSA) is 26.0 Å². The maximum Gasteiger partial charge on any atom is -0.00367 e. The maximum atomic E-state index is 5.43. The number of benzene rings is 1. The molecule has 2 N–H and O–H groups in total. The van der Waals surface area contributed by atoms with Crippen LogP contribution >= 0.6 is 0 Å². The van der Waals surface area contributed by atoms with Gasteiger partial charge in [0.1, 0.15) is 0 Å². The minimum atomic E-state index is 0.709. The Hall–Kier alpha value is -1.08. The smallest absolute Gasteiger partial charge is 0.00367 e. The molecule has 0 aliphatic heterocycles. The number of hydrogen-bond acceptors (Lipinski definition) is 1. The summed E-state index contributed by atoms with van der Waals surface area (Å²) in [6.45, 7) is 4.41. The molecular weight excluding hydrogens is 134 g/mol. The molecule has 0 aliphatic carbocycles. The SMILES string of the molecule is C=Cc1cccc(CCN)c1. The molecule has 0 aromatic heterocycles. The quantitative estimate of drug-likeness (QED) is 0.693. The summed E-state index contributed by atoms with van der Waals surface area (Å²) < 4.78 is 0. The largest absolute Gasteiger partial charge is 0.330 e. The molecule has 0 heterocycles. The molecule has 0 spiro atoms. The van der Waals surface area contributed by atoms with Crippen LogP contribution in [0.5, 0.6) is 0 Å². The first-order chi connectivity index (χ1) is 5.36. The molecule has 0 bridgehead atoms. The van der Waals surface area contributed by atoms with Crippen LogP contribution in [0.3, 0.4) is 0 Å². The zero-order chi connectivity index (χ0) is 8.10. The van der Waals surface area contributed by atoms with E-state index in [1.165, 1.54) is 5.56 Å². The van der Waals surface area contributed by atoms with Gasteiger partial charge in [0.25, 0.3) is 0 Å². The lowest BCUT2D eigenvalue weighted by Crippen LogP contribution is -2.02. The van der Waals surface area contributed by atoms with Crippen molar-refractivity contribution in [3.63, 3.8) is 0 Å². The molecule has 1 aromatic rings. The summed E-state index contributed by atoms with van der Waals surface area (Å²) in [4.78, 5) is 0. The average molecular weight is 147 g/mol. The zero-order valence-corrected chi connectivity index (χ0v) is 6.59. The Morgan fingerprint density at radius 2 is 2.27 bits per heavy atom. The van der Waals surface area contributed by atoms with Crippen LogP contribution in [0.15, 0.2) is 30.8 Å². The van der Waals surface area contributed by atoms with E-state index in [2.05, 4.69) is 18.7 Å². The van der Waals surface area contributed by atoms with Gasteiger partial charge in [-0.15, -0.1) is 0 Å². The van der Waals surface area contributed by atoms with Crippen LogP contribution in [0, 0.1) is 0 Å². The molecule has 0 atom stereocenters. The van der Waals surface area contributed by atoms with Crippen molar-refractivity contribution in [2.75, 3.05) is 6.54 Å². The molecular formula is C10H13N. The first-order valence-electron chi connectivity index (χ1n) is 3.78. The summed E-state index contributed by atoms with van der Waals surface area (Å²) in [5.41, 5.74) is 7.87. The van der Waals surface area contributed by atoms with E-state index in [0.29, 0.717) is 6.54 Å².